The van der Waals surface area contributed by atoms with Crippen LogP contribution in [0, 0.1) is 11.8 Å². The fourth-order valence-electron chi connectivity index (χ4n) is 4.07. The molecule has 3 aliphatic heterocycles. The van der Waals surface area contributed by atoms with E-state index in [1.807, 2.05) is 9.80 Å². The lowest BCUT2D eigenvalue weighted by atomic mass is 10.0. The van der Waals surface area contributed by atoms with E-state index in [-0.39, 0.29) is 17.9 Å². The van der Waals surface area contributed by atoms with Crippen molar-refractivity contribution in [1.29, 1.82) is 0 Å². The Bertz CT molecular complexity index is 635. The van der Waals surface area contributed by atoms with Crippen molar-refractivity contribution in [2.24, 2.45) is 11.8 Å². The van der Waals surface area contributed by atoms with Crippen molar-refractivity contribution in [3.8, 4) is 0 Å². The molecule has 0 aromatic rings. The molecule has 0 aromatic carbocycles. The second-order valence-electron chi connectivity index (χ2n) is 8.13. The molecule has 3 amide bonds. The van der Waals surface area contributed by atoms with E-state index in [1.54, 1.807) is 0 Å². The fourth-order valence-corrected chi connectivity index (χ4v) is 4.07. The average molecular weight is 420 g/mol. The first kappa shape index (κ1) is 21.7. The van der Waals surface area contributed by atoms with Gasteiger partial charge >= 0.3 is 18.2 Å². The summed E-state index contributed by atoms with van der Waals surface area (Å²) in [6, 6.07) is 0.425. The number of halogens is 3. The Morgan fingerprint density at radius 3 is 2.21 bits per heavy atom. The van der Waals surface area contributed by atoms with Crippen molar-refractivity contribution >= 4 is 17.9 Å². The molecule has 0 radical (unpaired) electrons. The van der Waals surface area contributed by atoms with Crippen molar-refractivity contribution in [3.05, 3.63) is 0 Å². The number of hydrogen-bond acceptors (Lipinski definition) is 4. The van der Waals surface area contributed by atoms with E-state index in [4.69, 9.17) is 9.90 Å². The number of hydrogen-bond donors (Lipinski definition) is 2. The minimum absolute atomic E-state index is 0.0355. The number of amides is 3. The van der Waals surface area contributed by atoms with Gasteiger partial charge in [0.15, 0.2) is 0 Å². The third-order valence-corrected chi connectivity index (χ3v) is 5.84. The Balaban J connectivity index is 0.000000298. The van der Waals surface area contributed by atoms with E-state index < -0.39 is 12.1 Å². The van der Waals surface area contributed by atoms with Crippen LogP contribution in [0.25, 0.3) is 0 Å². The highest BCUT2D eigenvalue weighted by molar-refractivity contribution is 5.84. The number of urea groups is 1. The number of carbonyl (C=O) groups is 3. The lowest BCUT2D eigenvalue weighted by Crippen LogP contribution is -2.43. The first-order valence-electron chi connectivity index (χ1n) is 10.0. The SMILES string of the molecule is O=C(NC1CC1)N1C[C@H]2CN(CCN3CCCC3)C(=O)[C@H]2C1.O=C(O)C(F)(F)F. The molecule has 0 bridgehead atoms. The van der Waals surface area contributed by atoms with Crippen LogP contribution in [0.4, 0.5) is 18.0 Å². The Hall–Kier alpha value is -2.04. The van der Waals surface area contributed by atoms with E-state index in [2.05, 4.69) is 10.2 Å². The quantitative estimate of drug-likeness (QED) is 0.707. The molecule has 2 atom stereocenters. The van der Waals surface area contributed by atoms with Gasteiger partial charge in [-0.2, -0.15) is 13.2 Å². The number of alkyl halides is 3. The van der Waals surface area contributed by atoms with Gasteiger partial charge in [-0.3, -0.25) is 4.79 Å². The summed E-state index contributed by atoms with van der Waals surface area (Å²) in [4.78, 5) is 39.9. The summed E-state index contributed by atoms with van der Waals surface area (Å²) in [5.41, 5.74) is 0. The average Bonchev–Trinajstić information content (AvgIpc) is 3.06. The molecule has 11 heteroatoms. The number of likely N-dealkylation sites (tertiary alicyclic amines) is 3. The lowest BCUT2D eigenvalue weighted by molar-refractivity contribution is -0.192. The molecule has 3 heterocycles. The molecule has 29 heavy (non-hydrogen) atoms. The maximum atomic E-state index is 12.5. The minimum Gasteiger partial charge on any atom is -0.475 e. The summed E-state index contributed by atoms with van der Waals surface area (Å²) in [5, 5.41) is 10.2. The van der Waals surface area contributed by atoms with Gasteiger partial charge in [-0.05, 0) is 38.8 Å². The molecule has 0 aromatic heterocycles. The van der Waals surface area contributed by atoms with E-state index in [9.17, 15) is 22.8 Å². The molecule has 0 spiro atoms. The Labute approximate surface area is 167 Å². The zero-order valence-corrected chi connectivity index (χ0v) is 16.2. The van der Waals surface area contributed by atoms with Gasteiger partial charge in [0.05, 0.1) is 5.92 Å². The molecule has 2 N–H and O–H groups in total. The van der Waals surface area contributed by atoms with Crippen LogP contribution in [0.5, 0.6) is 0 Å². The number of carboxylic acid groups (broad SMARTS) is 1. The van der Waals surface area contributed by atoms with Crippen LogP contribution in [0.2, 0.25) is 0 Å². The zero-order valence-electron chi connectivity index (χ0n) is 16.2. The predicted octanol–water partition coefficient (Wildman–Crippen LogP) is 0.978. The van der Waals surface area contributed by atoms with E-state index >= 15 is 0 Å². The van der Waals surface area contributed by atoms with E-state index in [0.29, 0.717) is 18.5 Å². The largest absolute Gasteiger partial charge is 0.490 e. The van der Waals surface area contributed by atoms with E-state index in [0.717, 1.165) is 39.0 Å². The molecule has 4 fully saturated rings. The number of carbonyl (C=O) groups excluding carboxylic acids is 2. The second-order valence-corrected chi connectivity index (χ2v) is 8.13. The van der Waals surface area contributed by atoms with Crippen LogP contribution >= 0.6 is 0 Å². The normalized spacial score (nSPS) is 26.9. The number of rotatable bonds is 4. The third-order valence-electron chi connectivity index (χ3n) is 5.84. The highest BCUT2D eigenvalue weighted by atomic mass is 19.4. The monoisotopic (exact) mass is 420 g/mol. The summed E-state index contributed by atoms with van der Waals surface area (Å²) in [6.07, 6.45) is -0.278. The highest BCUT2D eigenvalue weighted by Crippen LogP contribution is 2.32. The molecule has 4 rings (SSSR count). The molecule has 4 aliphatic rings. The third kappa shape index (κ3) is 5.74. The summed E-state index contributed by atoms with van der Waals surface area (Å²) in [5.74, 6) is -2.10. The number of carboxylic acids is 1. The minimum atomic E-state index is -5.08. The van der Waals surface area contributed by atoms with Gasteiger partial charge in [0.2, 0.25) is 5.91 Å². The molecular weight excluding hydrogens is 393 g/mol. The van der Waals surface area contributed by atoms with Crippen LogP contribution in [-0.2, 0) is 9.59 Å². The first-order valence-corrected chi connectivity index (χ1v) is 10.0. The van der Waals surface area contributed by atoms with Crippen LogP contribution in [-0.4, -0.2) is 95.7 Å². The molecule has 1 saturated carbocycles. The first-order chi connectivity index (χ1) is 13.6. The van der Waals surface area contributed by atoms with Gasteiger partial charge in [-0.15, -0.1) is 0 Å². The second kappa shape index (κ2) is 8.76. The van der Waals surface area contributed by atoms with Gasteiger partial charge in [-0.25, -0.2) is 9.59 Å². The van der Waals surface area contributed by atoms with Crippen molar-refractivity contribution in [1.82, 2.24) is 20.0 Å². The summed E-state index contributed by atoms with van der Waals surface area (Å²) in [7, 11) is 0. The predicted molar refractivity (Wildman–Crippen MR) is 96.1 cm³/mol. The Morgan fingerprint density at radius 2 is 1.69 bits per heavy atom. The van der Waals surface area contributed by atoms with E-state index in [1.165, 1.54) is 25.9 Å². The molecular formula is C18H27F3N4O4. The Kier molecular flexibility index (Phi) is 6.55. The Morgan fingerprint density at radius 1 is 1.07 bits per heavy atom. The summed E-state index contributed by atoms with van der Waals surface area (Å²) in [6.45, 7) is 6.44. The van der Waals surface area contributed by atoms with Crippen molar-refractivity contribution in [2.75, 3.05) is 45.8 Å². The highest BCUT2D eigenvalue weighted by Gasteiger charge is 2.47. The maximum Gasteiger partial charge on any atom is 0.490 e. The fraction of sp³-hybridized carbons (Fsp3) is 0.833. The lowest BCUT2D eigenvalue weighted by Gasteiger charge is -2.24. The van der Waals surface area contributed by atoms with Gasteiger partial charge in [-0.1, -0.05) is 0 Å². The molecule has 3 saturated heterocycles. The van der Waals surface area contributed by atoms with Crippen LogP contribution < -0.4 is 5.32 Å². The zero-order chi connectivity index (χ0) is 21.2. The summed E-state index contributed by atoms with van der Waals surface area (Å²) < 4.78 is 31.7. The number of aliphatic carboxylic acids is 1. The molecule has 0 unspecified atom stereocenters. The topological polar surface area (TPSA) is 93.2 Å². The van der Waals surface area contributed by atoms with Gasteiger partial charge < -0.3 is 25.1 Å². The molecule has 164 valence electrons. The van der Waals surface area contributed by atoms with Gasteiger partial charge in [0, 0.05) is 44.7 Å². The van der Waals surface area contributed by atoms with Gasteiger partial charge in [0.25, 0.3) is 0 Å². The maximum absolute atomic E-state index is 12.5. The molecule has 1 aliphatic carbocycles. The summed E-state index contributed by atoms with van der Waals surface area (Å²) >= 11 is 0. The van der Waals surface area contributed by atoms with Gasteiger partial charge in [0.1, 0.15) is 0 Å². The smallest absolute Gasteiger partial charge is 0.475 e. The van der Waals surface area contributed by atoms with Crippen LogP contribution in [0.3, 0.4) is 0 Å². The van der Waals surface area contributed by atoms with Crippen molar-refractivity contribution in [3.63, 3.8) is 0 Å². The van der Waals surface area contributed by atoms with Crippen LogP contribution in [0.1, 0.15) is 25.7 Å². The van der Waals surface area contributed by atoms with Crippen molar-refractivity contribution in [2.45, 2.75) is 37.9 Å². The standard InChI is InChI=1S/C16H26N4O2.C2HF3O2/c21-15-14-11-20(16(22)17-13-3-4-13)10-12(14)9-19(15)8-7-18-5-1-2-6-18;3-2(4,5)1(6)7/h12-14H,1-11H2,(H,17,22);(H,6,7)/t12-,14+;/m1./s1. The van der Waals surface area contributed by atoms with Crippen LogP contribution in [0.15, 0.2) is 0 Å². The number of fused-ring (bicyclic) bond motifs is 1. The number of nitrogens with zero attached hydrogens (tertiary/aromatic N) is 3. The number of nitrogens with one attached hydrogen (secondary N) is 1. The van der Waals surface area contributed by atoms with Crippen molar-refractivity contribution < 1.29 is 32.7 Å². The molecule has 8 nitrogen and oxygen atoms in total.